The van der Waals surface area contributed by atoms with Gasteiger partial charge in [0.15, 0.2) is 11.6 Å². The van der Waals surface area contributed by atoms with Crippen LogP contribution in [0.2, 0.25) is 0 Å². The van der Waals surface area contributed by atoms with Crippen molar-refractivity contribution < 1.29 is 4.74 Å². The number of hydrogen-bond donors (Lipinski definition) is 1. The van der Waals surface area contributed by atoms with Crippen molar-refractivity contribution in [2.24, 2.45) is 0 Å². The highest BCUT2D eigenvalue weighted by molar-refractivity contribution is 7.98. The van der Waals surface area contributed by atoms with Crippen LogP contribution in [0.4, 0.5) is 11.6 Å². The van der Waals surface area contributed by atoms with Crippen LogP contribution in [0.1, 0.15) is 20.3 Å². The summed E-state index contributed by atoms with van der Waals surface area (Å²) in [6, 6.07) is 0.387. The monoisotopic (exact) mass is 284 g/mol. The molecule has 0 aliphatic rings. The number of nitrogens with one attached hydrogen (secondary N) is 1. The van der Waals surface area contributed by atoms with Gasteiger partial charge in [-0.1, -0.05) is 6.92 Å². The van der Waals surface area contributed by atoms with Gasteiger partial charge in [-0.25, -0.2) is 9.97 Å². The van der Waals surface area contributed by atoms with Gasteiger partial charge in [-0.2, -0.15) is 11.8 Å². The molecule has 108 valence electrons. The first kappa shape index (κ1) is 15.9. The standard InChI is InChI=1S/C13H24N4OS/c1-6-7-14-12-11(18-4)13(16-9-15-12)17(3)10(2)8-19-5/h9-10H,6-8H2,1-5H3,(H,14,15,16). The maximum atomic E-state index is 5.49. The fourth-order valence-corrected chi connectivity index (χ4v) is 2.44. The lowest BCUT2D eigenvalue weighted by Gasteiger charge is -2.27. The summed E-state index contributed by atoms with van der Waals surface area (Å²) >= 11 is 1.82. The first-order valence-corrected chi connectivity index (χ1v) is 7.89. The van der Waals surface area contributed by atoms with E-state index >= 15 is 0 Å². The van der Waals surface area contributed by atoms with Gasteiger partial charge in [0.1, 0.15) is 6.33 Å². The Morgan fingerprint density at radius 3 is 2.79 bits per heavy atom. The maximum absolute atomic E-state index is 5.49. The Bertz CT molecular complexity index is 389. The minimum atomic E-state index is 0.387. The second-order valence-corrected chi connectivity index (χ2v) is 5.33. The Hall–Kier alpha value is -1.17. The fraction of sp³-hybridized carbons (Fsp3) is 0.692. The average Bonchev–Trinajstić information content (AvgIpc) is 2.43. The molecule has 0 aliphatic heterocycles. The third-order valence-electron chi connectivity index (χ3n) is 2.93. The first-order valence-electron chi connectivity index (χ1n) is 6.50. The number of methoxy groups -OCH3 is 1. The fourth-order valence-electron chi connectivity index (χ4n) is 1.73. The van der Waals surface area contributed by atoms with Gasteiger partial charge in [0.2, 0.25) is 5.75 Å². The Morgan fingerprint density at radius 1 is 1.47 bits per heavy atom. The maximum Gasteiger partial charge on any atom is 0.204 e. The number of thioether (sulfide) groups is 1. The zero-order chi connectivity index (χ0) is 14.3. The molecule has 0 aromatic carbocycles. The van der Waals surface area contributed by atoms with Gasteiger partial charge in [0.05, 0.1) is 7.11 Å². The highest BCUT2D eigenvalue weighted by Crippen LogP contribution is 2.32. The number of nitrogens with zero attached hydrogens (tertiary/aromatic N) is 3. The quantitative estimate of drug-likeness (QED) is 0.791. The molecule has 0 fully saturated rings. The predicted octanol–water partition coefficient (Wildman–Crippen LogP) is 2.49. The summed E-state index contributed by atoms with van der Waals surface area (Å²) in [4.78, 5) is 10.8. The van der Waals surface area contributed by atoms with E-state index in [9.17, 15) is 0 Å². The summed E-state index contributed by atoms with van der Waals surface area (Å²) in [5.41, 5.74) is 0. The zero-order valence-electron chi connectivity index (χ0n) is 12.4. The molecule has 1 rings (SSSR count). The molecule has 1 N–H and O–H groups in total. The molecular weight excluding hydrogens is 260 g/mol. The molecule has 0 aliphatic carbocycles. The number of ether oxygens (including phenoxy) is 1. The smallest absolute Gasteiger partial charge is 0.204 e. The van der Waals surface area contributed by atoms with Crippen molar-refractivity contribution in [2.45, 2.75) is 26.3 Å². The summed E-state index contributed by atoms with van der Waals surface area (Å²) < 4.78 is 5.49. The van der Waals surface area contributed by atoms with E-state index in [0.717, 1.165) is 30.4 Å². The second kappa shape index (κ2) is 8.09. The van der Waals surface area contributed by atoms with E-state index in [4.69, 9.17) is 4.74 Å². The van der Waals surface area contributed by atoms with Crippen molar-refractivity contribution in [3.05, 3.63) is 6.33 Å². The summed E-state index contributed by atoms with van der Waals surface area (Å²) in [6.45, 7) is 5.17. The SMILES string of the molecule is CCCNc1ncnc(N(C)C(C)CSC)c1OC. The van der Waals surface area contributed by atoms with Crippen molar-refractivity contribution in [2.75, 3.05) is 42.9 Å². The highest BCUT2D eigenvalue weighted by atomic mass is 32.2. The largest absolute Gasteiger partial charge is 0.490 e. The molecule has 1 aromatic heterocycles. The molecule has 1 unspecified atom stereocenters. The third-order valence-corrected chi connectivity index (χ3v) is 3.75. The van der Waals surface area contributed by atoms with Crippen LogP contribution in [-0.2, 0) is 0 Å². The topological polar surface area (TPSA) is 50.3 Å². The van der Waals surface area contributed by atoms with Gasteiger partial charge in [-0.15, -0.1) is 0 Å². The lowest BCUT2D eigenvalue weighted by molar-refractivity contribution is 0.412. The van der Waals surface area contributed by atoms with E-state index in [-0.39, 0.29) is 0 Å². The number of anilines is 2. The van der Waals surface area contributed by atoms with E-state index in [1.807, 2.05) is 18.8 Å². The Balaban J connectivity index is 2.99. The number of rotatable bonds is 8. The molecule has 0 saturated carbocycles. The van der Waals surface area contributed by atoms with Crippen molar-refractivity contribution in [3.8, 4) is 5.75 Å². The van der Waals surface area contributed by atoms with Crippen molar-refractivity contribution in [1.29, 1.82) is 0 Å². The number of hydrogen-bond acceptors (Lipinski definition) is 6. The molecule has 0 bridgehead atoms. The minimum absolute atomic E-state index is 0.387. The van der Waals surface area contributed by atoms with Crippen LogP contribution in [-0.4, -0.2) is 48.7 Å². The van der Waals surface area contributed by atoms with E-state index in [1.54, 1.807) is 13.4 Å². The van der Waals surface area contributed by atoms with Crippen LogP contribution in [0.3, 0.4) is 0 Å². The van der Waals surface area contributed by atoms with Crippen LogP contribution in [0.25, 0.3) is 0 Å². The summed E-state index contributed by atoms with van der Waals surface area (Å²) in [5.74, 6) is 3.35. The molecule has 1 heterocycles. The Labute approximate surface area is 120 Å². The molecule has 0 spiro atoms. The van der Waals surface area contributed by atoms with Gasteiger partial charge < -0.3 is 15.0 Å². The molecule has 0 saturated heterocycles. The molecule has 19 heavy (non-hydrogen) atoms. The van der Waals surface area contributed by atoms with Crippen LogP contribution in [0.15, 0.2) is 6.33 Å². The van der Waals surface area contributed by atoms with E-state index < -0.39 is 0 Å². The molecule has 1 atom stereocenters. The van der Waals surface area contributed by atoms with Gasteiger partial charge in [-0.3, -0.25) is 0 Å². The summed E-state index contributed by atoms with van der Waals surface area (Å²) in [6.07, 6.45) is 4.73. The zero-order valence-corrected chi connectivity index (χ0v) is 13.3. The minimum Gasteiger partial charge on any atom is -0.490 e. The Kier molecular flexibility index (Phi) is 6.77. The molecule has 0 radical (unpaired) electrons. The predicted molar refractivity (Wildman–Crippen MR) is 83.6 cm³/mol. The first-order chi connectivity index (χ1) is 9.15. The van der Waals surface area contributed by atoms with E-state index in [1.165, 1.54) is 0 Å². The lowest BCUT2D eigenvalue weighted by atomic mass is 10.3. The highest BCUT2D eigenvalue weighted by Gasteiger charge is 2.18. The molecule has 5 nitrogen and oxygen atoms in total. The van der Waals surface area contributed by atoms with Crippen LogP contribution in [0, 0.1) is 0 Å². The van der Waals surface area contributed by atoms with Gasteiger partial charge >= 0.3 is 0 Å². The van der Waals surface area contributed by atoms with Crippen molar-refractivity contribution in [3.63, 3.8) is 0 Å². The van der Waals surface area contributed by atoms with E-state index in [0.29, 0.717) is 11.8 Å². The molecule has 6 heteroatoms. The summed E-state index contributed by atoms with van der Waals surface area (Å²) in [5, 5.41) is 3.27. The van der Waals surface area contributed by atoms with Gasteiger partial charge in [0, 0.05) is 25.4 Å². The van der Waals surface area contributed by atoms with Crippen LogP contribution >= 0.6 is 11.8 Å². The number of aromatic nitrogens is 2. The lowest BCUT2D eigenvalue weighted by Crippen LogP contribution is -2.32. The van der Waals surface area contributed by atoms with Crippen LogP contribution < -0.4 is 15.0 Å². The molecular formula is C13H24N4OS. The Morgan fingerprint density at radius 2 is 2.21 bits per heavy atom. The average molecular weight is 284 g/mol. The van der Waals surface area contributed by atoms with Crippen molar-refractivity contribution in [1.82, 2.24) is 9.97 Å². The van der Waals surface area contributed by atoms with Crippen LogP contribution in [0.5, 0.6) is 5.75 Å². The summed E-state index contributed by atoms with van der Waals surface area (Å²) in [7, 11) is 3.70. The second-order valence-electron chi connectivity index (χ2n) is 4.42. The van der Waals surface area contributed by atoms with Crippen molar-refractivity contribution >= 4 is 23.4 Å². The third kappa shape index (κ3) is 4.16. The molecule has 0 amide bonds. The molecule has 1 aromatic rings. The van der Waals surface area contributed by atoms with Gasteiger partial charge in [-0.05, 0) is 19.6 Å². The normalized spacial score (nSPS) is 12.1. The van der Waals surface area contributed by atoms with Gasteiger partial charge in [0.25, 0.3) is 0 Å². The van der Waals surface area contributed by atoms with E-state index in [2.05, 4.69) is 40.3 Å².